The Kier molecular flexibility index (Phi) is 3.74. The van der Waals surface area contributed by atoms with Gasteiger partial charge in [-0.05, 0) is 36.8 Å². The van der Waals surface area contributed by atoms with Gasteiger partial charge < -0.3 is 14.5 Å². The van der Waals surface area contributed by atoms with Gasteiger partial charge in [-0.2, -0.15) is 0 Å². The topological polar surface area (TPSA) is 76.6 Å². The van der Waals surface area contributed by atoms with Crippen molar-refractivity contribution in [1.29, 1.82) is 0 Å². The first-order valence-electron chi connectivity index (χ1n) is 8.91. The van der Waals surface area contributed by atoms with E-state index in [1.165, 1.54) is 0 Å². The number of aromatic amines is 1. The molecule has 0 saturated carbocycles. The number of hydrogen-bond acceptors (Lipinski definition) is 5. The molecule has 0 unspecified atom stereocenters. The van der Waals surface area contributed by atoms with Crippen LogP contribution in [-0.4, -0.2) is 22.5 Å². The van der Waals surface area contributed by atoms with Crippen LogP contribution in [0.1, 0.15) is 24.2 Å². The second kappa shape index (κ2) is 6.39. The number of rotatable bonds is 4. The Balaban J connectivity index is 1.31. The van der Waals surface area contributed by atoms with Gasteiger partial charge in [-0.25, -0.2) is 4.98 Å². The summed E-state index contributed by atoms with van der Waals surface area (Å²) < 4.78 is 10.8. The zero-order valence-electron chi connectivity index (χ0n) is 14.6. The predicted octanol–water partition coefficient (Wildman–Crippen LogP) is 3.47. The molecule has 5 rings (SSSR count). The van der Waals surface area contributed by atoms with Crippen molar-refractivity contribution in [2.75, 3.05) is 6.79 Å². The molecule has 2 aliphatic rings. The van der Waals surface area contributed by atoms with E-state index in [1.807, 2.05) is 36.4 Å². The maximum absolute atomic E-state index is 12.2. The van der Waals surface area contributed by atoms with Crippen LogP contribution in [-0.2, 0) is 6.42 Å². The van der Waals surface area contributed by atoms with Crippen molar-refractivity contribution in [3.63, 3.8) is 0 Å². The molecule has 6 heteroatoms. The second-order valence-electron chi connectivity index (χ2n) is 6.57. The van der Waals surface area contributed by atoms with Gasteiger partial charge in [0, 0.05) is 24.1 Å². The summed E-state index contributed by atoms with van der Waals surface area (Å²) in [6, 6.07) is 13.2. The standard InChI is InChI=1S/C21H17N3O3/c25-21-15-3-1-2-4-17(15)23-20(24-21)10-7-14-6-8-16(22-14)13-5-9-18-19(11-13)27-12-26-18/h1-5,8-9,11H,6-7,10,12H2,(H,23,24,25). The van der Waals surface area contributed by atoms with E-state index in [2.05, 4.69) is 16.0 Å². The van der Waals surface area contributed by atoms with Crippen molar-refractivity contribution < 1.29 is 9.47 Å². The highest BCUT2D eigenvalue weighted by molar-refractivity contribution is 5.96. The Bertz CT molecular complexity index is 1160. The van der Waals surface area contributed by atoms with E-state index in [0.717, 1.165) is 46.8 Å². The Hall–Kier alpha value is -3.41. The maximum atomic E-state index is 12.2. The molecule has 0 bridgehead atoms. The summed E-state index contributed by atoms with van der Waals surface area (Å²) in [6.45, 7) is 0.267. The van der Waals surface area contributed by atoms with Gasteiger partial charge >= 0.3 is 0 Å². The van der Waals surface area contributed by atoms with Crippen LogP contribution < -0.4 is 15.0 Å². The lowest BCUT2D eigenvalue weighted by Crippen LogP contribution is -2.12. The molecule has 0 fully saturated rings. The number of nitrogens with zero attached hydrogens (tertiary/aromatic N) is 2. The Labute approximate surface area is 155 Å². The highest BCUT2D eigenvalue weighted by Gasteiger charge is 2.17. The van der Waals surface area contributed by atoms with Crippen LogP contribution in [0.2, 0.25) is 0 Å². The molecule has 2 aromatic carbocycles. The number of para-hydroxylation sites is 1. The lowest BCUT2D eigenvalue weighted by atomic mass is 10.1. The first kappa shape index (κ1) is 15.8. The van der Waals surface area contributed by atoms with E-state index in [0.29, 0.717) is 17.6 Å². The molecule has 27 heavy (non-hydrogen) atoms. The SMILES string of the molecule is O=c1[nH]c(CCC2=NC(c3ccc4c(c3)OCO4)=CC2)nc2ccccc12. The molecule has 2 aliphatic heterocycles. The summed E-state index contributed by atoms with van der Waals surface area (Å²) in [6.07, 6.45) is 4.33. The molecule has 0 radical (unpaired) electrons. The minimum Gasteiger partial charge on any atom is -0.454 e. The highest BCUT2D eigenvalue weighted by Crippen LogP contribution is 2.35. The number of allylic oxidation sites excluding steroid dienone is 1. The maximum Gasteiger partial charge on any atom is 0.258 e. The Morgan fingerprint density at radius 3 is 2.89 bits per heavy atom. The van der Waals surface area contributed by atoms with Gasteiger partial charge in [0.1, 0.15) is 5.82 Å². The monoisotopic (exact) mass is 359 g/mol. The number of aromatic nitrogens is 2. The quantitative estimate of drug-likeness (QED) is 0.774. The molecule has 0 spiro atoms. The molecule has 134 valence electrons. The number of aryl methyl sites for hydroxylation is 1. The average molecular weight is 359 g/mol. The third-order valence-electron chi connectivity index (χ3n) is 4.79. The molecule has 3 aromatic rings. The van der Waals surface area contributed by atoms with Gasteiger partial charge in [0.25, 0.3) is 5.56 Å². The first-order chi connectivity index (χ1) is 13.3. The zero-order valence-corrected chi connectivity index (χ0v) is 14.6. The van der Waals surface area contributed by atoms with Crippen LogP contribution in [0.5, 0.6) is 11.5 Å². The summed E-state index contributed by atoms with van der Waals surface area (Å²) >= 11 is 0. The fourth-order valence-electron chi connectivity index (χ4n) is 3.39. The zero-order chi connectivity index (χ0) is 18.2. The average Bonchev–Trinajstić information content (AvgIpc) is 3.35. The fraction of sp³-hybridized carbons (Fsp3) is 0.190. The minimum atomic E-state index is -0.0943. The van der Waals surface area contributed by atoms with E-state index in [-0.39, 0.29) is 12.4 Å². The Morgan fingerprint density at radius 2 is 1.93 bits per heavy atom. The second-order valence-corrected chi connectivity index (χ2v) is 6.57. The van der Waals surface area contributed by atoms with Crippen molar-refractivity contribution in [2.24, 2.45) is 4.99 Å². The van der Waals surface area contributed by atoms with E-state index in [9.17, 15) is 4.79 Å². The molecule has 0 aliphatic carbocycles. The van der Waals surface area contributed by atoms with Crippen molar-refractivity contribution in [3.8, 4) is 11.5 Å². The number of hydrogen-bond donors (Lipinski definition) is 1. The van der Waals surface area contributed by atoms with Crippen LogP contribution in [0.15, 0.2) is 58.3 Å². The number of nitrogens with one attached hydrogen (secondary N) is 1. The molecule has 0 atom stereocenters. The highest BCUT2D eigenvalue weighted by atomic mass is 16.7. The number of benzene rings is 2. The van der Waals surface area contributed by atoms with Crippen molar-refractivity contribution in [3.05, 3.63) is 70.3 Å². The first-order valence-corrected chi connectivity index (χ1v) is 8.91. The molecule has 3 heterocycles. The van der Waals surface area contributed by atoms with Crippen molar-refractivity contribution >= 4 is 22.3 Å². The van der Waals surface area contributed by atoms with Gasteiger partial charge in [0.15, 0.2) is 11.5 Å². The lowest BCUT2D eigenvalue weighted by molar-refractivity contribution is 0.174. The molecule has 0 saturated heterocycles. The van der Waals surface area contributed by atoms with Crippen molar-refractivity contribution in [1.82, 2.24) is 9.97 Å². The third-order valence-corrected chi connectivity index (χ3v) is 4.79. The number of aliphatic imine (C=N–C) groups is 1. The molecular weight excluding hydrogens is 342 g/mol. The molecule has 6 nitrogen and oxygen atoms in total. The molecule has 1 aromatic heterocycles. The summed E-state index contributed by atoms with van der Waals surface area (Å²) in [4.78, 5) is 24.3. The van der Waals surface area contributed by atoms with Crippen LogP contribution >= 0.6 is 0 Å². The predicted molar refractivity (Wildman–Crippen MR) is 103 cm³/mol. The summed E-state index contributed by atoms with van der Waals surface area (Å²) in [5.41, 5.74) is 3.68. The molecule has 1 N–H and O–H groups in total. The van der Waals surface area contributed by atoms with Gasteiger partial charge in [0.2, 0.25) is 6.79 Å². The normalized spacial score (nSPS) is 15.1. The van der Waals surface area contributed by atoms with E-state index < -0.39 is 0 Å². The van der Waals surface area contributed by atoms with Gasteiger partial charge in [-0.1, -0.05) is 18.2 Å². The van der Waals surface area contributed by atoms with Crippen LogP contribution in [0, 0.1) is 0 Å². The Morgan fingerprint density at radius 1 is 1.04 bits per heavy atom. The van der Waals surface area contributed by atoms with Gasteiger partial charge in [0.05, 0.1) is 16.6 Å². The van der Waals surface area contributed by atoms with E-state index in [4.69, 9.17) is 14.5 Å². The van der Waals surface area contributed by atoms with E-state index in [1.54, 1.807) is 6.07 Å². The fourth-order valence-corrected chi connectivity index (χ4v) is 3.39. The van der Waals surface area contributed by atoms with Crippen LogP contribution in [0.3, 0.4) is 0 Å². The third kappa shape index (κ3) is 2.99. The summed E-state index contributed by atoms with van der Waals surface area (Å²) in [5, 5.41) is 0.617. The smallest absolute Gasteiger partial charge is 0.258 e. The van der Waals surface area contributed by atoms with Gasteiger partial charge in [-0.15, -0.1) is 0 Å². The largest absolute Gasteiger partial charge is 0.454 e. The summed E-state index contributed by atoms with van der Waals surface area (Å²) in [7, 11) is 0. The van der Waals surface area contributed by atoms with Crippen LogP contribution in [0.25, 0.3) is 16.6 Å². The lowest BCUT2D eigenvalue weighted by Gasteiger charge is -2.04. The van der Waals surface area contributed by atoms with E-state index >= 15 is 0 Å². The number of ether oxygens (including phenoxy) is 2. The molecular formula is C21H17N3O3. The molecule has 0 amide bonds. The van der Waals surface area contributed by atoms with Crippen molar-refractivity contribution in [2.45, 2.75) is 19.3 Å². The minimum absolute atomic E-state index is 0.0943. The van der Waals surface area contributed by atoms with Gasteiger partial charge in [-0.3, -0.25) is 9.79 Å². The number of fused-ring (bicyclic) bond motifs is 2. The summed E-state index contributed by atoms with van der Waals surface area (Å²) in [5.74, 6) is 2.22. The number of H-pyrrole nitrogens is 1. The van der Waals surface area contributed by atoms with Crippen LogP contribution in [0.4, 0.5) is 0 Å².